The van der Waals surface area contributed by atoms with Crippen LogP contribution in [0.2, 0.25) is 5.15 Å². The van der Waals surface area contributed by atoms with E-state index in [2.05, 4.69) is 47.7 Å². The zero-order valence-corrected chi connectivity index (χ0v) is 15.7. The number of nitrogens with one attached hydrogen (secondary N) is 2. The van der Waals surface area contributed by atoms with Crippen molar-refractivity contribution in [2.75, 3.05) is 10.6 Å². The first-order valence-corrected chi connectivity index (χ1v) is 8.95. The number of amides is 1. The third kappa shape index (κ3) is 3.46. The third-order valence-corrected chi connectivity index (χ3v) is 4.91. The number of aryl methyl sites for hydroxylation is 2. The highest BCUT2D eigenvalue weighted by atomic mass is 35.5. The van der Waals surface area contributed by atoms with Gasteiger partial charge >= 0.3 is 0 Å². The van der Waals surface area contributed by atoms with Crippen molar-refractivity contribution in [3.63, 3.8) is 0 Å². The standard InChI is InChI=1S/C21H18ClN3O2/c1-12-5-6-14(10-13(12)2)21-25-17-11-15(7-8-18(17)27-21)24-20(26)16-4-3-9-23-19(16)22/h3-11,21,25H,1-2H3,(H,24,26)/t21-/m0/s1. The van der Waals surface area contributed by atoms with Crippen LogP contribution in [0.5, 0.6) is 5.75 Å². The summed E-state index contributed by atoms with van der Waals surface area (Å²) < 4.78 is 6.00. The number of carbonyl (C=O) groups excluding carboxylic acids is 1. The van der Waals surface area contributed by atoms with Gasteiger partial charge in [0.2, 0.25) is 0 Å². The molecule has 0 bridgehead atoms. The molecule has 0 saturated heterocycles. The van der Waals surface area contributed by atoms with Crippen LogP contribution >= 0.6 is 11.6 Å². The van der Waals surface area contributed by atoms with E-state index < -0.39 is 0 Å². The van der Waals surface area contributed by atoms with Gasteiger partial charge in [-0.3, -0.25) is 4.79 Å². The molecule has 6 heteroatoms. The fourth-order valence-corrected chi connectivity index (χ4v) is 3.16. The smallest absolute Gasteiger partial charge is 0.258 e. The number of ether oxygens (including phenoxy) is 1. The number of aromatic nitrogens is 1. The first-order valence-electron chi connectivity index (χ1n) is 8.57. The maximum atomic E-state index is 12.4. The summed E-state index contributed by atoms with van der Waals surface area (Å²) in [5.41, 5.74) is 5.33. The van der Waals surface area contributed by atoms with Crippen LogP contribution in [0.4, 0.5) is 11.4 Å². The number of hydrogen-bond donors (Lipinski definition) is 2. The average molecular weight is 380 g/mol. The van der Waals surface area contributed by atoms with Crippen LogP contribution in [0.1, 0.15) is 33.3 Å². The molecule has 3 aromatic rings. The van der Waals surface area contributed by atoms with Gasteiger partial charge in [0.05, 0.1) is 11.3 Å². The van der Waals surface area contributed by atoms with Crippen molar-refractivity contribution >= 4 is 28.9 Å². The van der Waals surface area contributed by atoms with E-state index in [1.54, 1.807) is 24.4 Å². The highest BCUT2D eigenvalue weighted by Crippen LogP contribution is 2.39. The van der Waals surface area contributed by atoms with Gasteiger partial charge in [0.15, 0.2) is 6.23 Å². The van der Waals surface area contributed by atoms with Crippen molar-refractivity contribution in [2.24, 2.45) is 0 Å². The lowest BCUT2D eigenvalue weighted by Gasteiger charge is -2.13. The summed E-state index contributed by atoms with van der Waals surface area (Å²) in [4.78, 5) is 16.3. The van der Waals surface area contributed by atoms with Gasteiger partial charge in [-0.15, -0.1) is 0 Å². The van der Waals surface area contributed by atoms with Crippen LogP contribution in [-0.2, 0) is 0 Å². The van der Waals surface area contributed by atoms with E-state index in [9.17, 15) is 4.79 Å². The fourth-order valence-electron chi connectivity index (χ4n) is 2.95. The van der Waals surface area contributed by atoms with Gasteiger partial charge in [0, 0.05) is 17.4 Å². The van der Waals surface area contributed by atoms with Crippen molar-refractivity contribution in [1.29, 1.82) is 0 Å². The van der Waals surface area contributed by atoms with Crippen LogP contribution in [0.3, 0.4) is 0 Å². The number of nitrogens with zero attached hydrogens (tertiary/aromatic N) is 1. The molecule has 0 aliphatic carbocycles. The molecule has 1 aliphatic heterocycles. The van der Waals surface area contributed by atoms with Gasteiger partial charge in [-0.05, 0) is 55.3 Å². The highest BCUT2D eigenvalue weighted by molar-refractivity contribution is 6.33. The Labute approximate surface area is 162 Å². The lowest BCUT2D eigenvalue weighted by atomic mass is 10.1. The molecule has 0 saturated carbocycles. The predicted octanol–water partition coefficient (Wildman–Crippen LogP) is 5.11. The van der Waals surface area contributed by atoms with Gasteiger partial charge in [0.25, 0.3) is 5.91 Å². The second-order valence-electron chi connectivity index (χ2n) is 6.49. The number of hydrogen-bond acceptors (Lipinski definition) is 4. The molecule has 2 aromatic carbocycles. The van der Waals surface area contributed by atoms with E-state index in [1.165, 1.54) is 11.1 Å². The van der Waals surface area contributed by atoms with Gasteiger partial charge in [-0.1, -0.05) is 29.8 Å². The SMILES string of the molecule is Cc1ccc([C@H]2Nc3cc(NC(=O)c4cccnc4Cl)ccc3O2)cc1C. The van der Waals surface area contributed by atoms with Gasteiger partial charge in [-0.2, -0.15) is 0 Å². The Kier molecular flexibility index (Phi) is 4.46. The highest BCUT2D eigenvalue weighted by Gasteiger charge is 2.24. The first kappa shape index (κ1) is 17.4. The zero-order chi connectivity index (χ0) is 19.0. The summed E-state index contributed by atoms with van der Waals surface area (Å²) in [6.07, 6.45) is 1.29. The number of anilines is 2. The van der Waals surface area contributed by atoms with E-state index in [-0.39, 0.29) is 17.3 Å². The van der Waals surface area contributed by atoms with Gasteiger partial charge in [0.1, 0.15) is 10.9 Å². The average Bonchev–Trinajstić information content (AvgIpc) is 3.07. The van der Waals surface area contributed by atoms with Crippen LogP contribution < -0.4 is 15.4 Å². The molecular weight excluding hydrogens is 362 g/mol. The molecular formula is C21H18ClN3O2. The summed E-state index contributed by atoms with van der Waals surface area (Å²) in [6.45, 7) is 4.17. The van der Waals surface area contributed by atoms with Crippen LogP contribution in [0, 0.1) is 13.8 Å². The molecule has 2 N–H and O–H groups in total. The molecule has 1 amide bonds. The zero-order valence-electron chi connectivity index (χ0n) is 14.9. The normalized spacial score (nSPS) is 14.9. The quantitative estimate of drug-likeness (QED) is 0.621. The minimum Gasteiger partial charge on any atom is -0.464 e. The number of halogens is 1. The van der Waals surface area contributed by atoms with Crippen LogP contribution in [-0.4, -0.2) is 10.9 Å². The van der Waals surface area contributed by atoms with Crippen molar-refractivity contribution in [1.82, 2.24) is 4.98 Å². The summed E-state index contributed by atoms with van der Waals surface area (Å²) in [7, 11) is 0. The molecule has 0 fully saturated rings. The minimum atomic E-state index is -0.308. The molecule has 136 valence electrons. The molecule has 2 heterocycles. The number of benzene rings is 2. The van der Waals surface area contributed by atoms with E-state index in [0.29, 0.717) is 11.3 Å². The summed E-state index contributed by atoms with van der Waals surface area (Å²) in [5, 5.41) is 6.36. The summed E-state index contributed by atoms with van der Waals surface area (Å²) in [6, 6.07) is 15.0. The fraction of sp³-hybridized carbons (Fsp3) is 0.143. The Morgan fingerprint density at radius 2 is 2.00 bits per heavy atom. The minimum absolute atomic E-state index is 0.174. The molecule has 0 spiro atoms. The molecule has 0 radical (unpaired) electrons. The van der Waals surface area contributed by atoms with E-state index in [1.807, 2.05) is 12.1 Å². The molecule has 4 rings (SSSR count). The third-order valence-electron chi connectivity index (χ3n) is 4.61. The molecule has 1 atom stereocenters. The first-order chi connectivity index (χ1) is 13.0. The van der Waals surface area contributed by atoms with Crippen LogP contribution in [0.25, 0.3) is 0 Å². The Bertz CT molecular complexity index is 1040. The topological polar surface area (TPSA) is 63.2 Å². The number of carbonyl (C=O) groups is 1. The number of pyridine rings is 1. The Morgan fingerprint density at radius 3 is 2.78 bits per heavy atom. The molecule has 1 aliphatic rings. The van der Waals surface area contributed by atoms with E-state index in [0.717, 1.165) is 17.0 Å². The number of fused-ring (bicyclic) bond motifs is 1. The van der Waals surface area contributed by atoms with Gasteiger partial charge in [-0.25, -0.2) is 4.98 Å². The second kappa shape index (κ2) is 6.93. The Morgan fingerprint density at radius 1 is 1.15 bits per heavy atom. The maximum Gasteiger partial charge on any atom is 0.258 e. The van der Waals surface area contributed by atoms with Gasteiger partial charge < -0.3 is 15.4 Å². The molecule has 27 heavy (non-hydrogen) atoms. The van der Waals surface area contributed by atoms with E-state index >= 15 is 0 Å². The van der Waals surface area contributed by atoms with Crippen LogP contribution in [0.15, 0.2) is 54.7 Å². The molecule has 0 unspecified atom stereocenters. The Balaban J connectivity index is 1.52. The van der Waals surface area contributed by atoms with E-state index in [4.69, 9.17) is 16.3 Å². The molecule has 1 aromatic heterocycles. The van der Waals surface area contributed by atoms with Crippen molar-refractivity contribution < 1.29 is 9.53 Å². The van der Waals surface area contributed by atoms with Crippen molar-refractivity contribution in [2.45, 2.75) is 20.1 Å². The van der Waals surface area contributed by atoms with Crippen molar-refractivity contribution in [3.05, 3.63) is 82.1 Å². The summed E-state index contributed by atoms with van der Waals surface area (Å²) >= 11 is 5.99. The lowest BCUT2D eigenvalue weighted by Crippen LogP contribution is -2.13. The maximum absolute atomic E-state index is 12.4. The molecule has 5 nitrogen and oxygen atoms in total. The lowest BCUT2D eigenvalue weighted by molar-refractivity contribution is 0.102. The number of rotatable bonds is 3. The van der Waals surface area contributed by atoms with Crippen molar-refractivity contribution in [3.8, 4) is 5.75 Å². The second-order valence-corrected chi connectivity index (χ2v) is 6.85. The summed E-state index contributed by atoms with van der Waals surface area (Å²) in [5.74, 6) is 0.438. The Hall–Kier alpha value is -3.05. The largest absolute Gasteiger partial charge is 0.464 e. The monoisotopic (exact) mass is 379 g/mol. The predicted molar refractivity (Wildman–Crippen MR) is 107 cm³/mol.